The van der Waals surface area contributed by atoms with Crippen LogP contribution in [0.2, 0.25) is 0 Å². The Bertz CT molecular complexity index is 970. The van der Waals surface area contributed by atoms with Crippen LogP contribution in [0.15, 0.2) is 66.9 Å². The van der Waals surface area contributed by atoms with Crippen molar-refractivity contribution in [1.82, 2.24) is 14.7 Å². The molecule has 29 heavy (non-hydrogen) atoms. The van der Waals surface area contributed by atoms with E-state index in [2.05, 4.69) is 5.10 Å². The lowest BCUT2D eigenvalue weighted by molar-refractivity contribution is -0.135. The summed E-state index contributed by atoms with van der Waals surface area (Å²) in [5.41, 5.74) is 1.79. The lowest BCUT2D eigenvalue weighted by Crippen LogP contribution is -2.33. The zero-order chi connectivity index (χ0) is 20.8. The summed E-state index contributed by atoms with van der Waals surface area (Å²) in [5, 5.41) is 4.25. The second-order valence-electron chi connectivity index (χ2n) is 6.49. The largest absolute Gasteiger partial charge is 0.493 e. The van der Waals surface area contributed by atoms with Crippen LogP contribution in [-0.2, 0) is 9.53 Å². The Morgan fingerprint density at radius 1 is 1.07 bits per heavy atom. The molecule has 0 spiro atoms. The smallest absolute Gasteiger partial charge is 0.363 e. The first-order valence-electron chi connectivity index (χ1n) is 9.18. The summed E-state index contributed by atoms with van der Waals surface area (Å²) >= 11 is 0. The lowest BCUT2D eigenvalue weighted by Gasteiger charge is -2.25. The quantitative estimate of drug-likeness (QED) is 0.576. The lowest BCUT2D eigenvalue weighted by atomic mass is 10.1. The summed E-state index contributed by atoms with van der Waals surface area (Å²) in [6.45, 7) is 1.54. The third-order valence-corrected chi connectivity index (χ3v) is 4.70. The predicted molar refractivity (Wildman–Crippen MR) is 108 cm³/mol. The second kappa shape index (κ2) is 9.05. The molecule has 7 nitrogen and oxygen atoms in total. The van der Waals surface area contributed by atoms with Gasteiger partial charge in [0.05, 0.1) is 25.0 Å². The highest BCUT2D eigenvalue weighted by atomic mass is 16.5. The Balaban J connectivity index is 1.66. The summed E-state index contributed by atoms with van der Waals surface area (Å²) in [6, 6.07) is 18.8. The van der Waals surface area contributed by atoms with E-state index in [0.29, 0.717) is 0 Å². The molecule has 0 unspecified atom stereocenters. The average molecular weight is 393 g/mol. The Labute approximate surface area is 169 Å². The second-order valence-corrected chi connectivity index (χ2v) is 6.49. The number of nitrogens with zero attached hydrogens (tertiary/aromatic N) is 3. The van der Waals surface area contributed by atoms with Gasteiger partial charge in [-0.2, -0.15) is 5.10 Å². The average Bonchev–Trinajstić information content (AvgIpc) is 3.22. The van der Waals surface area contributed by atoms with Crippen LogP contribution in [0, 0.1) is 0 Å². The normalized spacial score (nSPS) is 11.6. The number of ether oxygens (including phenoxy) is 2. The number of amides is 1. The molecule has 0 bridgehead atoms. The van der Waals surface area contributed by atoms with Crippen LogP contribution < -0.4 is 4.74 Å². The molecule has 0 aliphatic carbocycles. The van der Waals surface area contributed by atoms with E-state index in [1.54, 1.807) is 18.1 Å². The summed E-state index contributed by atoms with van der Waals surface area (Å²) < 4.78 is 12.0. The molecule has 1 heterocycles. The van der Waals surface area contributed by atoms with Crippen molar-refractivity contribution in [3.8, 4) is 11.4 Å². The van der Waals surface area contributed by atoms with Gasteiger partial charge in [0.2, 0.25) is 5.69 Å². The summed E-state index contributed by atoms with van der Waals surface area (Å²) in [6.07, 6.45) is 1.59. The molecule has 0 fully saturated rings. The molecule has 1 amide bonds. The summed E-state index contributed by atoms with van der Waals surface area (Å²) in [4.78, 5) is 26.5. The van der Waals surface area contributed by atoms with Crippen LogP contribution in [0.3, 0.4) is 0 Å². The van der Waals surface area contributed by atoms with Crippen molar-refractivity contribution in [2.75, 3.05) is 20.8 Å². The Kier molecular flexibility index (Phi) is 6.29. The fraction of sp³-hybridized carbons (Fsp3) is 0.227. The molecule has 0 saturated carbocycles. The SMILES string of the molecule is COc1cn(-c2ccccc2)nc1C(=O)OCC(=O)N(C)[C@H](C)c1ccccc1. The van der Waals surface area contributed by atoms with E-state index in [0.717, 1.165) is 11.3 Å². The number of carbonyl (C=O) groups excluding carboxylic acids is 2. The van der Waals surface area contributed by atoms with E-state index in [1.165, 1.54) is 11.8 Å². The number of carbonyl (C=O) groups is 2. The topological polar surface area (TPSA) is 73.7 Å². The first kappa shape index (κ1) is 20.1. The molecule has 2 aromatic carbocycles. The molecule has 7 heteroatoms. The van der Waals surface area contributed by atoms with Crippen molar-refractivity contribution in [2.24, 2.45) is 0 Å². The molecular weight excluding hydrogens is 370 g/mol. The summed E-state index contributed by atoms with van der Waals surface area (Å²) in [7, 11) is 3.13. The fourth-order valence-electron chi connectivity index (χ4n) is 2.83. The van der Waals surface area contributed by atoms with Crippen molar-refractivity contribution in [3.63, 3.8) is 0 Å². The maximum Gasteiger partial charge on any atom is 0.363 e. The minimum Gasteiger partial charge on any atom is -0.493 e. The van der Waals surface area contributed by atoms with Crippen LogP contribution in [0.4, 0.5) is 0 Å². The van der Waals surface area contributed by atoms with Gasteiger partial charge in [0, 0.05) is 7.05 Å². The highest BCUT2D eigenvalue weighted by molar-refractivity contribution is 5.92. The van der Waals surface area contributed by atoms with Gasteiger partial charge in [0.15, 0.2) is 12.4 Å². The number of benzene rings is 2. The van der Waals surface area contributed by atoms with Crippen LogP contribution in [0.1, 0.15) is 29.0 Å². The number of esters is 1. The zero-order valence-corrected chi connectivity index (χ0v) is 16.6. The Morgan fingerprint density at radius 2 is 1.69 bits per heavy atom. The third-order valence-electron chi connectivity index (χ3n) is 4.70. The van der Waals surface area contributed by atoms with Crippen LogP contribution in [-0.4, -0.2) is 47.3 Å². The van der Waals surface area contributed by atoms with E-state index in [9.17, 15) is 9.59 Å². The number of aromatic nitrogens is 2. The maximum absolute atomic E-state index is 12.5. The van der Waals surface area contributed by atoms with Crippen molar-refractivity contribution >= 4 is 11.9 Å². The monoisotopic (exact) mass is 393 g/mol. The highest BCUT2D eigenvalue weighted by Crippen LogP contribution is 2.21. The van der Waals surface area contributed by atoms with Crippen molar-refractivity contribution in [3.05, 3.63) is 78.1 Å². The van der Waals surface area contributed by atoms with Gasteiger partial charge in [0.25, 0.3) is 5.91 Å². The van der Waals surface area contributed by atoms with E-state index < -0.39 is 5.97 Å². The molecule has 0 radical (unpaired) electrons. The minimum atomic E-state index is -0.717. The van der Waals surface area contributed by atoms with Gasteiger partial charge in [-0.15, -0.1) is 0 Å². The molecule has 1 atom stereocenters. The fourth-order valence-corrected chi connectivity index (χ4v) is 2.83. The number of hydrogen-bond acceptors (Lipinski definition) is 5. The van der Waals surface area contributed by atoms with E-state index >= 15 is 0 Å². The van der Waals surface area contributed by atoms with E-state index in [1.807, 2.05) is 67.6 Å². The molecule has 0 aliphatic rings. The Morgan fingerprint density at radius 3 is 2.31 bits per heavy atom. The first-order chi connectivity index (χ1) is 14.0. The molecule has 150 valence electrons. The van der Waals surface area contributed by atoms with Crippen LogP contribution in [0.25, 0.3) is 5.69 Å². The molecular formula is C22H23N3O4. The first-order valence-corrected chi connectivity index (χ1v) is 9.18. The van der Waals surface area contributed by atoms with Crippen molar-refractivity contribution < 1.29 is 19.1 Å². The van der Waals surface area contributed by atoms with Gasteiger partial charge in [-0.1, -0.05) is 48.5 Å². The van der Waals surface area contributed by atoms with E-state index in [-0.39, 0.29) is 30.0 Å². The van der Waals surface area contributed by atoms with Gasteiger partial charge >= 0.3 is 5.97 Å². The molecule has 1 aromatic heterocycles. The van der Waals surface area contributed by atoms with Crippen LogP contribution >= 0.6 is 0 Å². The van der Waals surface area contributed by atoms with Crippen molar-refractivity contribution in [1.29, 1.82) is 0 Å². The molecule has 0 saturated heterocycles. The standard InChI is InChI=1S/C22H23N3O4/c1-16(17-10-6-4-7-11-17)24(2)20(26)15-29-22(27)21-19(28-3)14-25(23-21)18-12-8-5-9-13-18/h4-14,16H,15H2,1-3H3/t16-/m1/s1. The number of hydrogen-bond donors (Lipinski definition) is 0. The predicted octanol–water partition coefficient (Wildman–Crippen LogP) is 3.26. The molecule has 3 rings (SSSR count). The minimum absolute atomic E-state index is 0.0166. The van der Waals surface area contributed by atoms with Gasteiger partial charge in [-0.25, -0.2) is 9.48 Å². The zero-order valence-electron chi connectivity index (χ0n) is 16.6. The van der Waals surface area contributed by atoms with Gasteiger partial charge in [0.1, 0.15) is 0 Å². The van der Waals surface area contributed by atoms with Crippen LogP contribution in [0.5, 0.6) is 5.75 Å². The highest BCUT2D eigenvalue weighted by Gasteiger charge is 2.23. The maximum atomic E-state index is 12.5. The number of rotatable bonds is 7. The number of likely N-dealkylation sites (N-methyl/N-ethyl adjacent to an activating group) is 1. The summed E-state index contributed by atoms with van der Waals surface area (Å²) in [5.74, 6) is -0.751. The van der Waals surface area contributed by atoms with Gasteiger partial charge in [-0.05, 0) is 24.6 Å². The number of methoxy groups -OCH3 is 1. The number of para-hydroxylation sites is 1. The molecule has 3 aromatic rings. The van der Waals surface area contributed by atoms with Gasteiger partial charge < -0.3 is 14.4 Å². The Hall–Kier alpha value is -3.61. The van der Waals surface area contributed by atoms with E-state index in [4.69, 9.17) is 9.47 Å². The third kappa shape index (κ3) is 4.63. The van der Waals surface area contributed by atoms with Gasteiger partial charge in [-0.3, -0.25) is 4.79 Å². The van der Waals surface area contributed by atoms with Crippen molar-refractivity contribution in [2.45, 2.75) is 13.0 Å². The molecule has 0 aliphatic heterocycles. The molecule has 0 N–H and O–H groups in total.